The van der Waals surface area contributed by atoms with Gasteiger partial charge in [-0.2, -0.15) is 0 Å². The number of hydrogen-bond acceptors (Lipinski definition) is 3. The van der Waals surface area contributed by atoms with E-state index in [2.05, 4.69) is 29.1 Å². The van der Waals surface area contributed by atoms with E-state index in [-0.39, 0.29) is 17.9 Å². The van der Waals surface area contributed by atoms with E-state index in [1.54, 1.807) is 13.8 Å². The summed E-state index contributed by atoms with van der Waals surface area (Å²) in [5, 5.41) is 2.84. The summed E-state index contributed by atoms with van der Waals surface area (Å²) in [4.78, 5) is 30.9. The molecule has 0 saturated heterocycles. The van der Waals surface area contributed by atoms with E-state index in [0.717, 1.165) is 11.3 Å². The number of aromatic amines is 1. The predicted octanol–water partition coefficient (Wildman–Crippen LogP) is 2.69. The number of amides is 1. The van der Waals surface area contributed by atoms with Crippen molar-refractivity contribution in [3.8, 4) is 0 Å². The third-order valence-electron chi connectivity index (χ3n) is 3.52. The lowest BCUT2D eigenvalue weighted by Crippen LogP contribution is -2.24. The molecule has 0 unspecified atom stereocenters. The van der Waals surface area contributed by atoms with Crippen LogP contribution in [0.1, 0.15) is 42.4 Å². The Morgan fingerprint density at radius 3 is 2.68 bits per heavy atom. The fraction of sp³-hybridized carbons (Fsp3) is 0.353. The minimum absolute atomic E-state index is 0.0142. The van der Waals surface area contributed by atoms with Crippen LogP contribution >= 0.6 is 0 Å². The number of carbonyl (C=O) groups excluding carboxylic acids is 1. The molecule has 0 fully saturated rings. The topological polar surface area (TPSA) is 74.8 Å². The van der Waals surface area contributed by atoms with Crippen LogP contribution in [0.3, 0.4) is 0 Å². The Balaban J connectivity index is 2.14. The highest BCUT2D eigenvalue weighted by molar-refractivity contribution is 5.92. The van der Waals surface area contributed by atoms with E-state index in [1.807, 2.05) is 24.3 Å². The Bertz CT molecular complexity index is 748. The fourth-order valence-electron chi connectivity index (χ4n) is 2.30. The van der Waals surface area contributed by atoms with Crippen LogP contribution in [0.5, 0.6) is 0 Å². The molecule has 5 nitrogen and oxygen atoms in total. The number of carbonyl (C=O) groups is 1. The second-order valence-electron chi connectivity index (χ2n) is 5.72. The minimum Gasteiger partial charge on any atom is -0.326 e. The highest BCUT2D eigenvalue weighted by Gasteiger charge is 2.12. The number of H-pyrrole nitrogens is 1. The number of benzene rings is 1. The summed E-state index contributed by atoms with van der Waals surface area (Å²) in [7, 11) is 0. The normalized spacial score (nSPS) is 10.8. The van der Waals surface area contributed by atoms with Crippen LogP contribution in [0.4, 0.5) is 5.69 Å². The van der Waals surface area contributed by atoms with Gasteiger partial charge in [0, 0.05) is 16.9 Å². The van der Waals surface area contributed by atoms with Gasteiger partial charge in [0.15, 0.2) is 0 Å². The molecule has 22 heavy (non-hydrogen) atoms. The maximum atomic E-state index is 12.2. The lowest BCUT2D eigenvalue weighted by Gasteiger charge is -2.10. The summed E-state index contributed by atoms with van der Waals surface area (Å²) in [6.45, 7) is 7.66. The zero-order valence-electron chi connectivity index (χ0n) is 13.4. The zero-order chi connectivity index (χ0) is 16.3. The summed E-state index contributed by atoms with van der Waals surface area (Å²) in [5.41, 5.74) is 2.64. The van der Waals surface area contributed by atoms with Gasteiger partial charge in [-0.05, 0) is 37.5 Å². The number of hydrogen-bond donors (Lipinski definition) is 2. The molecule has 0 aliphatic carbocycles. The Hall–Kier alpha value is -2.43. The Labute approximate surface area is 129 Å². The first-order valence-electron chi connectivity index (χ1n) is 7.33. The SMILES string of the molecule is Cc1nc(C)c(CC(=O)Nc2cccc(C(C)C)c2)c(=O)[nH]1. The molecule has 0 radical (unpaired) electrons. The number of nitrogens with zero attached hydrogens (tertiary/aromatic N) is 1. The van der Waals surface area contributed by atoms with Crippen molar-refractivity contribution in [2.45, 2.75) is 40.0 Å². The summed E-state index contributed by atoms with van der Waals surface area (Å²) in [6.07, 6.45) is 0.0142. The molecule has 0 aliphatic heterocycles. The maximum Gasteiger partial charge on any atom is 0.254 e. The van der Waals surface area contributed by atoms with Gasteiger partial charge in [-0.3, -0.25) is 9.59 Å². The number of rotatable bonds is 4. The summed E-state index contributed by atoms with van der Waals surface area (Å²) in [6, 6.07) is 7.73. The van der Waals surface area contributed by atoms with Crippen molar-refractivity contribution in [3.05, 3.63) is 57.3 Å². The highest BCUT2D eigenvalue weighted by atomic mass is 16.2. The van der Waals surface area contributed by atoms with Crippen molar-refractivity contribution >= 4 is 11.6 Å². The summed E-state index contributed by atoms with van der Waals surface area (Å²) >= 11 is 0. The molecule has 2 rings (SSSR count). The first-order valence-corrected chi connectivity index (χ1v) is 7.33. The monoisotopic (exact) mass is 299 g/mol. The molecule has 0 saturated carbocycles. The largest absolute Gasteiger partial charge is 0.326 e. The molecule has 0 spiro atoms. The zero-order valence-corrected chi connectivity index (χ0v) is 13.4. The number of aryl methyl sites for hydroxylation is 2. The number of anilines is 1. The molecular weight excluding hydrogens is 278 g/mol. The number of aromatic nitrogens is 2. The van der Waals surface area contributed by atoms with Gasteiger partial charge in [0.05, 0.1) is 6.42 Å². The molecule has 2 aromatic rings. The molecule has 1 amide bonds. The van der Waals surface area contributed by atoms with E-state index < -0.39 is 0 Å². The van der Waals surface area contributed by atoms with Gasteiger partial charge in [0.25, 0.3) is 5.56 Å². The molecule has 1 heterocycles. The smallest absolute Gasteiger partial charge is 0.254 e. The van der Waals surface area contributed by atoms with Crippen LogP contribution in [-0.2, 0) is 11.2 Å². The van der Waals surface area contributed by atoms with E-state index in [9.17, 15) is 9.59 Å². The van der Waals surface area contributed by atoms with Crippen molar-refractivity contribution in [2.75, 3.05) is 5.32 Å². The molecule has 1 aromatic carbocycles. The predicted molar refractivity (Wildman–Crippen MR) is 87.2 cm³/mol. The van der Waals surface area contributed by atoms with E-state index >= 15 is 0 Å². The second-order valence-corrected chi connectivity index (χ2v) is 5.72. The molecule has 0 atom stereocenters. The quantitative estimate of drug-likeness (QED) is 0.911. The first kappa shape index (κ1) is 15.9. The van der Waals surface area contributed by atoms with Gasteiger partial charge >= 0.3 is 0 Å². The van der Waals surface area contributed by atoms with Crippen LogP contribution in [-0.4, -0.2) is 15.9 Å². The van der Waals surface area contributed by atoms with Crippen molar-refractivity contribution in [2.24, 2.45) is 0 Å². The van der Waals surface area contributed by atoms with Gasteiger partial charge in [-0.15, -0.1) is 0 Å². The van der Waals surface area contributed by atoms with Crippen LogP contribution in [0.15, 0.2) is 29.1 Å². The van der Waals surface area contributed by atoms with Gasteiger partial charge in [0.1, 0.15) is 5.82 Å². The third-order valence-corrected chi connectivity index (χ3v) is 3.52. The van der Waals surface area contributed by atoms with Gasteiger partial charge in [0.2, 0.25) is 5.91 Å². The summed E-state index contributed by atoms with van der Waals surface area (Å²) < 4.78 is 0. The van der Waals surface area contributed by atoms with Crippen molar-refractivity contribution in [1.82, 2.24) is 9.97 Å². The Morgan fingerprint density at radius 2 is 2.05 bits per heavy atom. The Morgan fingerprint density at radius 1 is 1.32 bits per heavy atom. The van der Waals surface area contributed by atoms with Crippen molar-refractivity contribution in [1.29, 1.82) is 0 Å². The van der Waals surface area contributed by atoms with Crippen LogP contribution in [0, 0.1) is 13.8 Å². The summed E-state index contributed by atoms with van der Waals surface area (Å²) in [5.74, 6) is 0.722. The molecular formula is C17H21N3O2. The van der Waals surface area contributed by atoms with Gasteiger partial charge in [-0.25, -0.2) is 4.98 Å². The fourth-order valence-corrected chi connectivity index (χ4v) is 2.30. The van der Waals surface area contributed by atoms with E-state index in [1.165, 1.54) is 0 Å². The lowest BCUT2D eigenvalue weighted by molar-refractivity contribution is -0.115. The molecule has 5 heteroatoms. The number of nitrogens with one attached hydrogen (secondary N) is 2. The average molecular weight is 299 g/mol. The highest BCUT2D eigenvalue weighted by Crippen LogP contribution is 2.18. The molecule has 0 bridgehead atoms. The molecule has 116 valence electrons. The average Bonchev–Trinajstić information content (AvgIpc) is 2.43. The first-order chi connectivity index (χ1) is 10.4. The Kier molecular flexibility index (Phi) is 4.75. The van der Waals surface area contributed by atoms with Gasteiger partial charge < -0.3 is 10.3 Å². The molecule has 1 aromatic heterocycles. The maximum absolute atomic E-state index is 12.2. The molecule has 0 aliphatic rings. The van der Waals surface area contributed by atoms with E-state index in [0.29, 0.717) is 23.0 Å². The lowest BCUT2D eigenvalue weighted by atomic mass is 10.0. The van der Waals surface area contributed by atoms with Gasteiger partial charge in [-0.1, -0.05) is 26.0 Å². The standard InChI is InChI=1S/C17H21N3O2/c1-10(2)13-6-5-7-14(8-13)20-16(21)9-15-11(3)18-12(4)19-17(15)22/h5-8,10H,9H2,1-4H3,(H,20,21)(H,18,19,22). The molecule has 2 N–H and O–H groups in total. The minimum atomic E-state index is -0.254. The van der Waals surface area contributed by atoms with Crippen LogP contribution in [0.25, 0.3) is 0 Å². The van der Waals surface area contributed by atoms with Crippen molar-refractivity contribution in [3.63, 3.8) is 0 Å². The van der Waals surface area contributed by atoms with Crippen molar-refractivity contribution < 1.29 is 4.79 Å². The van der Waals surface area contributed by atoms with E-state index in [4.69, 9.17) is 0 Å². The van der Waals surface area contributed by atoms with Crippen LogP contribution < -0.4 is 10.9 Å². The third kappa shape index (κ3) is 3.81. The second kappa shape index (κ2) is 6.56. The van der Waals surface area contributed by atoms with Crippen LogP contribution in [0.2, 0.25) is 0 Å².